The quantitative estimate of drug-likeness (QED) is 0.902. The summed E-state index contributed by atoms with van der Waals surface area (Å²) in [5.41, 5.74) is -2.64. The van der Waals surface area contributed by atoms with Crippen molar-refractivity contribution in [2.24, 2.45) is 5.10 Å². The van der Waals surface area contributed by atoms with E-state index in [1.54, 1.807) is 13.0 Å². The van der Waals surface area contributed by atoms with E-state index >= 15 is 0 Å². The number of amides is 1. The molecule has 0 radical (unpaired) electrons. The Balaban J connectivity index is 2.32. The molecule has 0 bridgehead atoms. The van der Waals surface area contributed by atoms with Crippen LogP contribution in [-0.4, -0.2) is 43.4 Å². The van der Waals surface area contributed by atoms with Gasteiger partial charge in [-0.2, -0.15) is 28.4 Å². The van der Waals surface area contributed by atoms with Gasteiger partial charge in [-0.15, -0.1) is 0 Å². The predicted molar refractivity (Wildman–Crippen MR) is 67.3 cm³/mol. The number of carbonyl (C=O) groups excluding carboxylic acids is 1. The first kappa shape index (κ1) is 15.5. The molecule has 0 fully saturated rings. The normalized spacial score (nSPS) is 24.1. The van der Waals surface area contributed by atoms with Gasteiger partial charge >= 0.3 is 6.18 Å². The highest BCUT2D eigenvalue weighted by Gasteiger charge is 2.63. The molecule has 1 amide bonds. The lowest BCUT2D eigenvalue weighted by molar-refractivity contribution is -0.303. The van der Waals surface area contributed by atoms with Gasteiger partial charge in [-0.1, -0.05) is 0 Å². The van der Waals surface area contributed by atoms with E-state index in [9.17, 15) is 23.1 Å². The van der Waals surface area contributed by atoms with Gasteiger partial charge in [-0.3, -0.25) is 9.48 Å². The SMILES string of the molecule is CC1=NN(C(=O)[C@@H](C)n2ccc(C)n2)[C@](O)(C(F)(F)F)C1. The van der Waals surface area contributed by atoms with E-state index in [4.69, 9.17) is 0 Å². The standard InChI is InChI=1S/C12H15F3N4O2/c1-7-4-5-18(16-7)9(3)10(20)19-11(21,12(13,14)15)6-8(2)17-19/h4-5,9,21H,6H2,1-3H3/t9-,11-/m1/s1. The number of carbonyl (C=O) groups is 1. The van der Waals surface area contributed by atoms with E-state index in [1.165, 1.54) is 24.7 Å². The van der Waals surface area contributed by atoms with E-state index in [2.05, 4.69) is 10.2 Å². The molecular formula is C12H15F3N4O2. The third-order valence-electron chi connectivity index (χ3n) is 3.28. The predicted octanol–water partition coefficient (Wildman–Crippen LogP) is 1.61. The molecule has 1 aromatic rings. The van der Waals surface area contributed by atoms with Crippen LogP contribution in [0.3, 0.4) is 0 Å². The number of hydrogen-bond acceptors (Lipinski definition) is 4. The summed E-state index contributed by atoms with van der Waals surface area (Å²) in [5, 5.41) is 17.5. The summed E-state index contributed by atoms with van der Waals surface area (Å²) in [6, 6.07) is 0.611. The maximum atomic E-state index is 13.1. The summed E-state index contributed by atoms with van der Waals surface area (Å²) in [4.78, 5) is 12.3. The summed E-state index contributed by atoms with van der Waals surface area (Å²) >= 11 is 0. The van der Waals surface area contributed by atoms with E-state index in [0.29, 0.717) is 5.69 Å². The summed E-state index contributed by atoms with van der Waals surface area (Å²) in [7, 11) is 0. The zero-order valence-corrected chi connectivity index (χ0v) is 11.7. The molecule has 0 aliphatic carbocycles. The Morgan fingerprint density at radius 3 is 2.57 bits per heavy atom. The molecule has 0 saturated carbocycles. The highest BCUT2D eigenvalue weighted by Crippen LogP contribution is 2.41. The van der Waals surface area contributed by atoms with Crippen molar-refractivity contribution in [2.45, 2.75) is 45.1 Å². The van der Waals surface area contributed by atoms with E-state index in [1.807, 2.05) is 0 Å². The molecule has 1 aliphatic heterocycles. The minimum atomic E-state index is -5.00. The van der Waals surface area contributed by atoms with Crippen LogP contribution in [0.1, 0.15) is 32.0 Å². The molecule has 1 aliphatic rings. The first-order chi connectivity index (χ1) is 9.56. The Bertz CT molecular complexity index is 596. The molecule has 0 aromatic carbocycles. The van der Waals surface area contributed by atoms with Crippen LogP contribution in [0.15, 0.2) is 17.4 Å². The lowest BCUT2D eigenvalue weighted by Gasteiger charge is -2.33. The van der Waals surface area contributed by atoms with Crippen LogP contribution in [0.25, 0.3) is 0 Å². The number of alkyl halides is 3. The largest absolute Gasteiger partial charge is 0.438 e. The van der Waals surface area contributed by atoms with Crippen molar-refractivity contribution >= 4 is 11.6 Å². The number of nitrogens with zero attached hydrogens (tertiary/aromatic N) is 4. The molecule has 1 aromatic heterocycles. The van der Waals surface area contributed by atoms with Crippen molar-refractivity contribution in [2.75, 3.05) is 0 Å². The van der Waals surface area contributed by atoms with Crippen LogP contribution >= 0.6 is 0 Å². The van der Waals surface area contributed by atoms with Crippen LogP contribution in [0.2, 0.25) is 0 Å². The molecule has 6 nitrogen and oxygen atoms in total. The summed E-state index contributed by atoms with van der Waals surface area (Å²) in [5.74, 6) is -0.977. The highest BCUT2D eigenvalue weighted by atomic mass is 19.4. The molecule has 2 atom stereocenters. The number of halogens is 3. The Kier molecular flexibility index (Phi) is 3.56. The lowest BCUT2D eigenvalue weighted by Crippen LogP contribution is -2.57. The van der Waals surface area contributed by atoms with Crippen molar-refractivity contribution < 1.29 is 23.1 Å². The summed E-state index contributed by atoms with van der Waals surface area (Å²) in [6.45, 7) is 4.42. The molecule has 9 heteroatoms. The third-order valence-corrected chi connectivity index (χ3v) is 3.28. The number of hydrazone groups is 1. The first-order valence-electron chi connectivity index (χ1n) is 6.25. The van der Waals surface area contributed by atoms with Crippen molar-refractivity contribution in [1.82, 2.24) is 14.8 Å². The lowest BCUT2D eigenvalue weighted by atomic mass is 10.1. The van der Waals surface area contributed by atoms with E-state index in [-0.39, 0.29) is 10.7 Å². The van der Waals surface area contributed by atoms with Gasteiger partial charge < -0.3 is 5.11 Å². The Hall–Kier alpha value is -1.90. The maximum absolute atomic E-state index is 13.1. The average molecular weight is 304 g/mol. The summed E-state index contributed by atoms with van der Waals surface area (Å²) < 4.78 is 40.4. The third kappa shape index (κ3) is 2.53. The molecule has 0 spiro atoms. The molecule has 2 heterocycles. The van der Waals surface area contributed by atoms with Crippen molar-refractivity contribution in [1.29, 1.82) is 0 Å². The molecule has 0 unspecified atom stereocenters. The van der Waals surface area contributed by atoms with Gasteiger partial charge in [0.05, 0.1) is 5.69 Å². The fraction of sp³-hybridized carbons (Fsp3) is 0.583. The van der Waals surface area contributed by atoms with Gasteiger partial charge in [0.25, 0.3) is 11.6 Å². The number of aryl methyl sites for hydroxylation is 1. The second-order valence-corrected chi connectivity index (χ2v) is 5.09. The number of hydrogen-bond donors (Lipinski definition) is 1. The van der Waals surface area contributed by atoms with Crippen molar-refractivity contribution in [3.63, 3.8) is 0 Å². The minimum absolute atomic E-state index is 0.0343. The second kappa shape index (κ2) is 4.83. The summed E-state index contributed by atoms with van der Waals surface area (Å²) in [6.07, 6.45) is -4.27. The Labute approximate surface area is 118 Å². The van der Waals surface area contributed by atoms with Crippen LogP contribution in [0.5, 0.6) is 0 Å². The Morgan fingerprint density at radius 1 is 1.48 bits per heavy atom. The highest BCUT2D eigenvalue weighted by molar-refractivity contribution is 5.90. The molecule has 21 heavy (non-hydrogen) atoms. The average Bonchev–Trinajstić information content (AvgIpc) is 2.91. The molecule has 2 rings (SSSR count). The van der Waals surface area contributed by atoms with Crippen molar-refractivity contribution in [3.8, 4) is 0 Å². The zero-order valence-electron chi connectivity index (χ0n) is 11.7. The maximum Gasteiger partial charge on any atom is 0.438 e. The van der Waals surface area contributed by atoms with Gasteiger partial charge in [-0.25, -0.2) is 0 Å². The second-order valence-electron chi connectivity index (χ2n) is 5.09. The first-order valence-corrected chi connectivity index (χ1v) is 6.25. The van der Waals surface area contributed by atoms with Gasteiger partial charge in [0, 0.05) is 18.3 Å². The molecule has 0 saturated heterocycles. The van der Waals surface area contributed by atoms with E-state index < -0.39 is 30.3 Å². The van der Waals surface area contributed by atoms with Gasteiger partial charge in [-0.05, 0) is 26.8 Å². The Morgan fingerprint density at radius 2 is 2.10 bits per heavy atom. The van der Waals surface area contributed by atoms with Gasteiger partial charge in [0.2, 0.25) is 0 Å². The monoisotopic (exact) mass is 304 g/mol. The smallest absolute Gasteiger partial charge is 0.362 e. The van der Waals surface area contributed by atoms with Crippen molar-refractivity contribution in [3.05, 3.63) is 18.0 Å². The van der Waals surface area contributed by atoms with Crippen LogP contribution in [0, 0.1) is 6.92 Å². The molecular weight excluding hydrogens is 289 g/mol. The number of aromatic nitrogens is 2. The van der Waals surface area contributed by atoms with Crippen LogP contribution in [-0.2, 0) is 4.79 Å². The van der Waals surface area contributed by atoms with Crippen LogP contribution < -0.4 is 0 Å². The van der Waals surface area contributed by atoms with Gasteiger partial charge in [0.1, 0.15) is 6.04 Å². The fourth-order valence-electron chi connectivity index (χ4n) is 2.11. The molecule has 116 valence electrons. The number of aliphatic hydroxyl groups is 1. The van der Waals surface area contributed by atoms with Crippen LogP contribution in [0.4, 0.5) is 13.2 Å². The minimum Gasteiger partial charge on any atom is -0.362 e. The molecule has 1 N–H and O–H groups in total. The topological polar surface area (TPSA) is 70.7 Å². The van der Waals surface area contributed by atoms with E-state index in [0.717, 1.165) is 0 Å². The number of rotatable bonds is 2. The zero-order chi connectivity index (χ0) is 16.0. The fourth-order valence-corrected chi connectivity index (χ4v) is 2.11. The van der Waals surface area contributed by atoms with Gasteiger partial charge in [0.15, 0.2) is 0 Å².